The Balaban J connectivity index is 1.47. The Morgan fingerprint density at radius 1 is 1.25 bits per heavy atom. The molecule has 1 fully saturated rings. The summed E-state index contributed by atoms with van der Waals surface area (Å²) in [7, 11) is 0. The van der Waals surface area contributed by atoms with Gasteiger partial charge in [0.05, 0.1) is 24.1 Å². The van der Waals surface area contributed by atoms with Crippen molar-refractivity contribution in [2.75, 3.05) is 32.8 Å². The zero-order valence-corrected chi connectivity index (χ0v) is 16.8. The SMILES string of the molecule is O=C(NCC(c1cccc(F)c1)N1CCOCC1)c1csc(-c2cccs2)n1. The Morgan fingerprint density at radius 2 is 2.11 bits per heavy atom. The van der Waals surface area contributed by atoms with Crippen LogP contribution in [-0.4, -0.2) is 48.6 Å². The largest absolute Gasteiger partial charge is 0.379 e. The van der Waals surface area contributed by atoms with Gasteiger partial charge in [-0.2, -0.15) is 0 Å². The van der Waals surface area contributed by atoms with Crippen LogP contribution in [0.3, 0.4) is 0 Å². The Bertz CT molecular complexity index is 923. The van der Waals surface area contributed by atoms with Gasteiger partial charge in [-0.05, 0) is 29.1 Å². The lowest BCUT2D eigenvalue weighted by Gasteiger charge is -2.34. The van der Waals surface area contributed by atoms with E-state index < -0.39 is 0 Å². The Kier molecular flexibility index (Phi) is 6.11. The van der Waals surface area contributed by atoms with Gasteiger partial charge in [0.1, 0.15) is 16.5 Å². The quantitative estimate of drug-likeness (QED) is 0.663. The van der Waals surface area contributed by atoms with Crippen molar-refractivity contribution in [1.29, 1.82) is 0 Å². The number of halogens is 1. The van der Waals surface area contributed by atoms with Crippen LogP contribution in [0.5, 0.6) is 0 Å². The van der Waals surface area contributed by atoms with Crippen molar-refractivity contribution in [3.05, 3.63) is 64.2 Å². The Hall–Kier alpha value is -2.13. The Labute approximate surface area is 170 Å². The van der Waals surface area contributed by atoms with Crippen LogP contribution in [0.4, 0.5) is 4.39 Å². The minimum atomic E-state index is -0.276. The number of hydrogen-bond donors (Lipinski definition) is 1. The van der Waals surface area contributed by atoms with E-state index in [-0.39, 0.29) is 17.8 Å². The average Bonchev–Trinajstić information content (AvgIpc) is 3.41. The van der Waals surface area contributed by atoms with E-state index in [9.17, 15) is 9.18 Å². The first-order valence-electron chi connectivity index (χ1n) is 9.05. The molecule has 1 N–H and O–H groups in total. The van der Waals surface area contributed by atoms with Crippen molar-refractivity contribution < 1.29 is 13.9 Å². The standard InChI is InChI=1S/C20H20FN3O2S2/c21-15-4-1-3-14(11-15)17(24-6-8-26-9-7-24)12-22-19(25)16-13-28-20(23-16)18-5-2-10-27-18/h1-5,10-11,13,17H,6-9,12H2,(H,22,25). The number of rotatable bonds is 6. The molecule has 3 aromatic rings. The van der Waals surface area contributed by atoms with Gasteiger partial charge in [0, 0.05) is 25.0 Å². The highest BCUT2D eigenvalue weighted by Gasteiger charge is 2.24. The molecule has 1 aliphatic heterocycles. The van der Waals surface area contributed by atoms with E-state index >= 15 is 0 Å². The summed E-state index contributed by atoms with van der Waals surface area (Å²) in [5, 5.41) is 7.58. The highest BCUT2D eigenvalue weighted by atomic mass is 32.1. The number of nitrogens with one attached hydrogen (secondary N) is 1. The number of morpholine rings is 1. The van der Waals surface area contributed by atoms with Gasteiger partial charge in [0.15, 0.2) is 0 Å². The van der Waals surface area contributed by atoms with Gasteiger partial charge in [-0.15, -0.1) is 22.7 Å². The lowest BCUT2D eigenvalue weighted by molar-refractivity contribution is 0.0161. The fourth-order valence-electron chi connectivity index (χ4n) is 3.23. The van der Waals surface area contributed by atoms with E-state index in [2.05, 4.69) is 15.2 Å². The summed E-state index contributed by atoms with van der Waals surface area (Å²) in [5.41, 5.74) is 1.26. The normalized spacial score (nSPS) is 16.0. The molecule has 1 saturated heterocycles. The van der Waals surface area contributed by atoms with Crippen LogP contribution in [0.1, 0.15) is 22.1 Å². The number of carbonyl (C=O) groups is 1. The minimum Gasteiger partial charge on any atom is -0.379 e. The van der Waals surface area contributed by atoms with Crippen LogP contribution in [-0.2, 0) is 4.74 Å². The second-order valence-corrected chi connectivity index (χ2v) is 8.25. The van der Waals surface area contributed by atoms with Gasteiger partial charge >= 0.3 is 0 Å². The zero-order valence-electron chi connectivity index (χ0n) is 15.1. The maximum Gasteiger partial charge on any atom is 0.270 e. The molecule has 8 heteroatoms. The van der Waals surface area contributed by atoms with Crippen LogP contribution in [0.2, 0.25) is 0 Å². The van der Waals surface area contributed by atoms with Gasteiger partial charge in [-0.1, -0.05) is 18.2 Å². The second kappa shape index (κ2) is 8.91. The van der Waals surface area contributed by atoms with E-state index in [0.717, 1.165) is 28.5 Å². The van der Waals surface area contributed by atoms with Crippen LogP contribution in [0.15, 0.2) is 47.2 Å². The molecule has 4 rings (SSSR count). The summed E-state index contributed by atoms with van der Waals surface area (Å²) < 4.78 is 19.2. The van der Waals surface area contributed by atoms with Crippen molar-refractivity contribution in [1.82, 2.24) is 15.2 Å². The van der Waals surface area contributed by atoms with Gasteiger partial charge < -0.3 is 10.1 Å². The van der Waals surface area contributed by atoms with Crippen LogP contribution in [0, 0.1) is 5.82 Å². The summed E-state index contributed by atoms with van der Waals surface area (Å²) in [6.45, 7) is 3.15. The second-order valence-electron chi connectivity index (χ2n) is 6.44. The third-order valence-corrected chi connectivity index (χ3v) is 6.53. The lowest BCUT2D eigenvalue weighted by atomic mass is 10.0. The molecule has 1 unspecified atom stereocenters. The smallest absolute Gasteiger partial charge is 0.270 e. The predicted molar refractivity (Wildman–Crippen MR) is 109 cm³/mol. The molecule has 0 aliphatic carbocycles. The number of carbonyl (C=O) groups excluding carboxylic acids is 1. The topological polar surface area (TPSA) is 54.5 Å². The molecule has 0 saturated carbocycles. The summed E-state index contributed by atoms with van der Waals surface area (Å²) in [5.74, 6) is -0.490. The maximum atomic E-state index is 13.8. The number of amides is 1. The number of aromatic nitrogens is 1. The van der Waals surface area contributed by atoms with Crippen molar-refractivity contribution in [2.24, 2.45) is 0 Å². The first-order chi connectivity index (χ1) is 13.7. The van der Waals surface area contributed by atoms with Crippen LogP contribution in [0.25, 0.3) is 9.88 Å². The van der Waals surface area contributed by atoms with Gasteiger partial charge in [-0.3, -0.25) is 9.69 Å². The number of thiophene rings is 1. The molecular formula is C20H20FN3O2S2. The van der Waals surface area contributed by atoms with E-state index in [1.807, 2.05) is 23.6 Å². The van der Waals surface area contributed by atoms with Crippen LogP contribution < -0.4 is 5.32 Å². The van der Waals surface area contributed by atoms with Crippen molar-refractivity contribution in [3.8, 4) is 9.88 Å². The first kappa shape index (κ1) is 19.2. The minimum absolute atomic E-state index is 0.112. The van der Waals surface area contributed by atoms with Crippen molar-refractivity contribution in [3.63, 3.8) is 0 Å². The molecule has 1 atom stereocenters. The number of nitrogens with zero attached hydrogens (tertiary/aromatic N) is 2. The molecule has 0 radical (unpaired) electrons. The van der Waals surface area contributed by atoms with Gasteiger partial charge in [0.2, 0.25) is 0 Å². The number of benzene rings is 1. The summed E-state index contributed by atoms with van der Waals surface area (Å²) >= 11 is 3.06. The van der Waals surface area contributed by atoms with E-state index in [0.29, 0.717) is 25.5 Å². The fourth-order valence-corrected chi connectivity index (χ4v) is 4.85. The van der Waals surface area contributed by atoms with Gasteiger partial charge in [-0.25, -0.2) is 9.37 Å². The summed E-state index contributed by atoms with van der Waals surface area (Å²) in [6.07, 6.45) is 0. The number of hydrogen-bond acceptors (Lipinski definition) is 6. The molecule has 0 bridgehead atoms. The lowest BCUT2D eigenvalue weighted by Crippen LogP contribution is -2.43. The zero-order chi connectivity index (χ0) is 19.3. The first-order valence-corrected chi connectivity index (χ1v) is 10.8. The molecule has 2 aromatic heterocycles. The molecule has 1 aromatic carbocycles. The Morgan fingerprint density at radius 3 is 2.86 bits per heavy atom. The highest BCUT2D eigenvalue weighted by Crippen LogP contribution is 2.28. The molecule has 1 amide bonds. The molecule has 3 heterocycles. The van der Waals surface area contributed by atoms with E-state index in [1.165, 1.54) is 23.5 Å². The summed E-state index contributed by atoms with van der Waals surface area (Å²) in [4.78, 5) is 20.4. The molecule has 146 valence electrons. The van der Waals surface area contributed by atoms with E-state index in [1.54, 1.807) is 22.8 Å². The predicted octanol–water partition coefficient (Wildman–Crippen LogP) is 3.81. The third kappa shape index (κ3) is 4.47. The van der Waals surface area contributed by atoms with Crippen molar-refractivity contribution in [2.45, 2.75) is 6.04 Å². The third-order valence-electron chi connectivity index (χ3n) is 4.64. The average molecular weight is 418 g/mol. The molecule has 0 spiro atoms. The van der Waals surface area contributed by atoms with Crippen molar-refractivity contribution >= 4 is 28.6 Å². The van der Waals surface area contributed by atoms with Gasteiger partial charge in [0.25, 0.3) is 5.91 Å². The molecule has 1 aliphatic rings. The fraction of sp³-hybridized carbons (Fsp3) is 0.300. The number of thiazole rings is 1. The molecule has 28 heavy (non-hydrogen) atoms. The molecular weight excluding hydrogens is 397 g/mol. The monoisotopic (exact) mass is 417 g/mol. The van der Waals surface area contributed by atoms with E-state index in [4.69, 9.17) is 4.74 Å². The highest BCUT2D eigenvalue weighted by molar-refractivity contribution is 7.20. The van der Waals surface area contributed by atoms with Crippen LogP contribution >= 0.6 is 22.7 Å². The molecule has 5 nitrogen and oxygen atoms in total. The summed E-state index contributed by atoms with van der Waals surface area (Å²) in [6, 6.07) is 10.4. The maximum absolute atomic E-state index is 13.8. The number of ether oxygens (including phenoxy) is 1.